The van der Waals surface area contributed by atoms with Gasteiger partial charge < -0.3 is 5.32 Å². The SMILES string of the molecule is NS(=O)(=O)c1ccc(NC(=O)/C=C/c2c(F)cccc2Cl)cc1. The highest BCUT2D eigenvalue weighted by atomic mass is 35.5. The lowest BCUT2D eigenvalue weighted by Gasteiger charge is -2.04. The molecular weight excluding hydrogens is 343 g/mol. The number of hydrogen-bond donors (Lipinski definition) is 2. The smallest absolute Gasteiger partial charge is 0.248 e. The minimum atomic E-state index is -3.79. The van der Waals surface area contributed by atoms with Crippen molar-refractivity contribution >= 4 is 39.3 Å². The fraction of sp³-hybridized carbons (Fsp3) is 0. The number of carbonyl (C=O) groups excluding carboxylic acids is 1. The molecule has 120 valence electrons. The highest BCUT2D eigenvalue weighted by Gasteiger charge is 2.08. The summed E-state index contributed by atoms with van der Waals surface area (Å²) in [6, 6.07) is 9.51. The molecule has 0 heterocycles. The van der Waals surface area contributed by atoms with E-state index in [4.69, 9.17) is 16.7 Å². The van der Waals surface area contributed by atoms with Gasteiger partial charge in [0.15, 0.2) is 0 Å². The van der Waals surface area contributed by atoms with Gasteiger partial charge in [-0.25, -0.2) is 17.9 Å². The fourth-order valence-electron chi connectivity index (χ4n) is 1.74. The molecule has 0 aromatic heterocycles. The van der Waals surface area contributed by atoms with Crippen molar-refractivity contribution in [1.29, 1.82) is 0 Å². The van der Waals surface area contributed by atoms with Gasteiger partial charge in [0.2, 0.25) is 15.9 Å². The number of carbonyl (C=O) groups is 1. The van der Waals surface area contributed by atoms with Crippen molar-refractivity contribution in [3.05, 3.63) is 64.9 Å². The highest BCUT2D eigenvalue weighted by Crippen LogP contribution is 2.20. The lowest BCUT2D eigenvalue weighted by Crippen LogP contribution is -2.12. The second-order valence-electron chi connectivity index (χ2n) is 4.53. The van der Waals surface area contributed by atoms with E-state index in [0.717, 1.165) is 6.08 Å². The molecule has 0 unspecified atom stereocenters. The average molecular weight is 355 g/mol. The number of halogens is 2. The molecule has 0 aliphatic rings. The maximum Gasteiger partial charge on any atom is 0.248 e. The molecule has 0 atom stereocenters. The van der Waals surface area contributed by atoms with Crippen LogP contribution in [0.3, 0.4) is 0 Å². The van der Waals surface area contributed by atoms with Crippen molar-refractivity contribution in [2.24, 2.45) is 5.14 Å². The van der Waals surface area contributed by atoms with E-state index < -0.39 is 21.7 Å². The van der Waals surface area contributed by atoms with Gasteiger partial charge in [-0.3, -0.25) is 4.79 Å². The number of rotatable bonds is 4. The Hall–Kier alpha value is -2.22. The minimum Gasteiger partial charge on any atom is -0.323 e. The molecular formula is C15H12ClFN2O3S. The van der Waals surface area contributed by atoms with E-state index in [1.807, 2.05) is 0 Å². The van der Waals surface area contributed by atoms with Crippen LogP contribution in [0.5, 0.6) is 0 Å². The van der Waals surface area contributed by atoms with Crippen LogP contribution in [0.15, 0.2) is 53.4 Å². The molecule has 2 aromatic carbocycles. The second-order valence-corrected chi connectivity index (χ2v) is 6.50. The summed E-state index contributed by atoms with van der Waals surface area (Å²) >= 11 is 5.84. The van der Waals surface area contributed by atoms with Crippen molar-refractivity contribution in [3.8, 4) is 0 Å². The van der Waals surface area contributed by atoms with E-state index in [1.54, 1.807) is 0 Å². The van der Waals surface area contributed by atoms with Gasteiger partial charge in [0, 0.05) is 17.3 Å². The van der Waals surface area contributed by atoms with Gasteiger partial charge in [0.1, 0.15) is 5.82 Å². The monoisotopic (exact) mass is 354 g/mol. The molecule has 2 aromatic rings. The third-order valence-electron chi connectivity index (χ3n) is 2.85. The van der Waals surface area contributed by atoms with Gasteiger partial charge in [-0.05, 0) is 42.5 Å². The third kappa shape index (κ3) is 4.62. The molecule has 23 heavy (non-hydrogen) atoms. The standard InChI is InChI=1S/C15H12ClFN2O3S/c16-13-2-1-3-14(17)12(13)8-9-15(20)19-10-4-6-11(7-5-10)23(18,21)22/h1-9H,(H,19,20)(H2,18,21,22)/b9-8+. The zero-order valence-electron chi connectivity index (χ0n) is 11.7. The average Bonchev–Trinajstić information content (AvgIpc) is 2.46. The Morgan fingerprint density at radius 3 is 2.39 bits per heavy atom. The van der Waals surface area contributed by atoms with Crippen LogP contribution < -0.4 is 10.5 Å². The predicted octanol–water partition coefficient (Wildman–Crippen LogP) is 2.78. The predicted molar refractivity (Wildman–Crippen MR) is 86.9 cm³/mol. The normalized spacial score (nSPS) is 11.6. The molecule has 8 heteroatoms. The first-order valence-electron chi connectivity index (χ1n) is 6.33. The summed E-state index contributed by atoms with van der Waals surface area (Å²) in [5.74, 6) is -1.06. The van der Waals surface area contributed by atoms with Gasteiger partial charge in [-0.2, -0.15) is 0 Å². The maximum absolute atomic E-state index is 13.5. The molecule has 5 nitrogen and oxygen atoms in total. The Bertz CT molecular complexity index is 845. The number of benzene rings is 2. The van der Waals surface area contributed by atoms with E-state index in [9.17, 15) is 17.6 Å². The van der Waals surface area contributed by atoms with Crippen molar-refractivity contribution in [2.75, 3.05) is 5.32 Å². The molecule has 1 amide bonds. The minimum absolute atomic E-state index is 0.0656. The Morgan fingerprint density at radius 2 is 1.83 bits per heavy atom. The van der Waals surface area contributed by atoms with Crippen LogP contribution in [-0.4, -0.2) is 14.3 Å². The van der Waals surface area contributed by atoms with E-state index in [-0.39, 0.29) is 15.5 Å². The van der Waals surface area contributed by atoms with Crippen LogP contribution >= 0.6 is 11.6 Å². The molecule has 3 N–H and O–H groups in total. The van der Waals surface area contributed by atoms with Crippen LogP contribution in [0.25, 0.3) is 6.08 Å². The quantitative estimate of drug-likeness (QED) is 0.827. The number of primary sulfonamides is 1. The lowest BCUT2D eigenvalue weighted by atomic mass is 10.2. The van der Waals surface area contributed by atoms with Gasteiger partial charge in [-0.15, -0.1) is 0 Å². The number of hydrogen-bond acceptors (Lipinski definition) is 3. The number of nitrogens with two attached hydrogens (primary N) is 1. The Kier molecular flexibility index (Phi) is 5.15. The van der Waals surface area contributed by atoms with Crippen LogP contribution in [0.2, 0.25) is 5.02 Å². The number of anilines is 1. The summed E-state index contributed by atoms with van der Waals surface area (Å²) in [6.45, 7) is 0. The number of amides is 1. The Labute approximate surface area is 137 Å². The molecule has 0 bridgehead atoms. The molecule has 0 saturated carbocycles. The topological polar surface area (TPSA) is 89.3 Å². The molecule has 2 rings (SSSR count). The molecule has 0 aliphatic carbocycles. The molecule has 0 aliphatic heterocycles. The molecule has 0 saturated heterocycles. The van der Waals surface area contributed by atoms with Gasteiger partial charge >= 0.3 is 0 Å². The molecule has 0 radical (unpaired) electrons. The van der Waals surface area contributed by atoms with Crippen LogP contribution in [0.1, 0.15) is 5.56 Å². The van der Waals surface area contributed by atoms with Crippen molar-refractivity contribution in [3.63, 3.8) is 0 Å². The van der Waals surface area contributed by atoms with Gasteiger partial charge in [0.05, 0.1) is 9.92 Å². The fourth-order valence-corrected chi connectivity index (χ4v) is 2.48. The van der Waals surface area contributed by atoms with Gasteiger partial charge in [-0.1, -0.05) is 17.7 Å². The van der Waals surface area contributed by atoms with E-state index in [0.29, 0.717) is 5.69 Å². The van der Waals surface area contributed by atoms with Gasteiger partial charge in [0.25, 0.3) is 0 Å². The van der Waals surface area contributed by atoms with Crippen molar-refractivity contribution in [2.45, 2.75) is 4.90 Å². The summed E-state index contributed by atoms with van der Waals surface area (Å²) in [5, 5.41) is 7.66. The highest BCUT2D eigenvalue weighted by molar-refractivity contribution is 7.89. The van der Waals surface area contributed by atoms with Crippen LogP contribution in [0, 0.1) is 5.82 Å². The summed E-state index contributed by atoms with van der Waals surface area (Å²) in [6.07, 6.45) is 2.38. The lowest BCUT2D eigenvalue weighted by molar-refractivity contribution is -0.111. The number of sulfonamides is 1. The molecule has 0 fully saturated rings. The third-order valence-corrected chi connectivity index (χ3v) is 4.11. The van der Waals surface area contributed by atoms with E-state index in [2.05, 4.69) is 5.32 Å². The maximum atomic E-state index is 13.5. The van der Waals surface area contributed by atoms with Crippen LogP contribution in [-0.2, 0) is 14.8 Å². The largest absolute Gasteiger partial charge is 0.323 e. The summed E-state index contributed by atoms with van der Waals surface area (Å²) in [7, 11) is -3.79. The number of nitrogens with one attached hydrogen (secondary N) is 1. The Balaban J connectivity index is 2.09. The summed E-state index contributed by atoms with van der Waals surface area (Å²) < 4.78 is 35.8. The first kappa shape index (κ1) is 17.1. The van der Waals surface area contributed by atoms with E-state index in [1.165, 1.54) is 48.5 Å². The van der Waals surface area contributed by atoms with Crippen molar-refractivity contribution in [1.82, 2.24) is 0 Å². The van der Waals surface area contributed by atoms with Crippen LogP contribution in [0.4, 0.5) is 10.1 Å². The summed E-state index contributed by atoms with van der Waals surface area (Å²) in [4.78, 5) is 11.7. The summed E-state index contributed by atoms with van der Waals surface area (Å²) in [5.41, 5.74) is 0.473. The van der Waals surface area contributed by atoms with Crippen molar-refractivity contribution < 1.29 is 17.6 Å². The Morgan fingerprint density at radius 1 is 1.17 bits per heavy atom. The first-order valence-corrected chi connectivity index (χ1v) is 8.26. The zero-order valence-corrected chi connectivity index (χ0v) is 13.2. The zero-order chi connectivity index (χ0) is 17.0. The second kappa shape index (κ2) is 6.91. The molecule has 0 spiro atoms. The van der Waals surface area contributed by atoms with E-state index >= 15 is 0 Å². The first-order chi connectivity index (χ1) is 10.8.